The Labute approximate surface area is 330 Å². The van der Waals surface area contributed by atoms with Gasteiger partial charge in [-0.1, -0.05) is 6.07 Å². The number of imide groups is 1. The number of amides is 5. The average Bonchev–Trinajstić information content (AvgIpc) is 3.63. The highest BCUT2D eigenvalue weighted by atomic mass is 19.1. The Hall–Kier alpha value is -6.53. The number of hydrogen-bond acceptors (Lipinski definition) is 10. The number of benzene rings is 1. The monoisotopic (exact) mass is 796 g/mol. The number of piperidine rings is 2. The first-order valence-corrected chi connectivity index (χ1v) is 19.6. The number of aryl methyl sites for hydroxylation is 2. The van der Waals surface area contributed by atoms with Crippen LogP contribution in [0.15, 0.2) is 58.4 Å². The molecule has 3 atom stereocenters. The number of unbranched alkanes of at least 4 members (excludes halogenated alkanes) is 1. The van der Waals surface area contributed by atoms with Crippen molar-refractivity contribution in [3.8, 4) is 0 Å². The Bertz CT molecular complexity index is 2550. The van der Waals surface area contributed by atoms with Gasteiger partial charge in [-0.3, -0.25) is 33.6 Å². The highest BCUT2D eigenvalue weighted by Crippen LogP contribution is 2.28. The number of pyridine rings is 1. The molecule has 3 fully saturated rings. The number of alkyl halides is 1. The molecule has 1 unspecified atom stereocenters. The Morgan fingerprint density at radius 1 is 1.02 bits per heavy atom. The number of nitrogens with zero attached hydrogens (tertiary/aromatic N) is 7. The normalized spacial score (nSPS) is 19.6. The topological polar surface area (TPSA) is 211 Å². The number of imidazole rings is 1. The van der Waals surface area contributed by atoms with E-state index in [1.807, 2.05) is 18.2 Å². The van der Waals surface area contributed by atoms with E-state index < -0.39 is 30.1 Å². The van der Waals surface area contributed by atoms with Crippen LogP contribution in [0.4, 0.5) is 26.5 Å². The molecule has 5 aromatic rings. The van der Waals surface area contributed by atoms with Gasteiger partial charge in [0.2, 0.25) is 11.8 Å². The van der Waals surface area contributed by atoms with Crippen molar-refractivity contribution in [2.24, 2.45) is 7.05 Å². The maximum absolute atomic E-state index is 13.7. The van der Waals surface area contributed by atoms with Crippen LogP contribution in [0.1, 0.15) is 73.0 Å². The van der Waals surface area contributed by atoms with Crippen molar-refractivity contribution in [3.05, 3.63) is 80.8 Å². The fraction of sp³-hybridized carbons (Fsp3) is 0.436. The Morgan fingerprint density at radius 3 is 2.55 bits per heavy atom. The SMILES string of the molecule is CNc1cc(Nc2cccn(C3CCN(C(=O)NCCCCc4ccc5c(c4)n(C)c(=O)n5C4CCC(=O)NC4=O)CC3)c2=O)nc2c(C(=O)N[C@@H]3C[C@@H]3F)cnn12. The standard InChI is InChI=1S/C39H45FN12O6/c1-41-32-20-31(46-34-24(21-43-52(32)34)35(54)45-27-19-25(27)40)44-26-7-5-15-50(37(26)56)23-12-16-49(17-13-23)38(57)42-14-4-3-6-22-8-9-28-30(18-22)48(2)39(58)51(28)29-10-11-33(53)47-36(29)55/h5,7-9,15,18,20-21,23,25,27,29,41H,3-4,6,10-14,16-17,19H2,1-2H3,(H,42,57)(H,44,46)(H,45,54)(H,47,53,55)/t25-,27+,29?/m0/s1. The second-order valence-electron chi connectivity index (χ2n) is 15.1. The number of hydrogen-bond donors (Lipinski definition) is 5. The summed E-state index contributed by atoms with van der Waals surface area (Å²) in [5.74, 6) is -0.431. The van der Waals surface area contributed by atoms with E-state index in [0.717, 1.165) is 24.8 Å². The molecule has 5 amide bonds. The molecule has 3 aliphatic rings. The van der Waals surface area contributed by atoms with Gasteiger partial charge in [-0.25, -0.2) is 19.0 Å². The smallest absolute Gasteiger partial charge is 0.329 e. The van der Waals surface area contributed by atoms with Crippen molar-refractivity contribution in [3.63, 3.8) is 0 Å². The van der Waals surface area contributed by atoms with Gasteiger partial charge in [0.1, 0.15) is 35.1 Å². The maximum Gasteiger partial charge on any atom is 0.329 e. The van der Waals surface area contributed by atoms with Crippen molar-refractivity contribution in [1.82, 2.24) is 49.1 Å². The molecule has 8 rings (SSSR count). The largest absolute Gasteiger partial charge is 0.373 e. The quantitative estimate of drug-likeness (QED) is 0.0920. The average molecular weight is 797 g/mol. The van der Waals surface area contributed by atoms with E-state index in [1.165, 1.54) is 19.8 Å². The van der Waals surface area contributed by atoms with Gasteiger partial charge in [0.05, 0.1) is 23.3 Å². The second-order valence-corrected chi connectivity index (χ2v) is 15.1. The maximum atomic E-state index is 13.7. The summed E-state index contributed by atoms with van der Waals surface area (Å²) >= 11 is 0. The first-order valence-electron chi connectivity index (χ1n) is 19.6. The third kappa shape index (κ3) is 7.50. The number of carbonyl (C=O) groups is 4. The molecule has 6 heterocycles. The molecule has 58 heavy (non-hydrogen) atoms. The number of anilines is 3. The van der Waals surface area contributed by atoms with Gasteiger partial charge in [0, 0.05) is 64.9 Å². The summed E-state index contributed by atoms with van der Waals surface area (Å²) in [5.41, 5.74) is 2.56. The highest BCUT2D eigenvalue weighted by molar-refractivity contribution is 6.01. The summed E-state index contributed by atoms with van der Waals surface area (Å²) in [7, 11) is 3.37. The molecule has 0 radical (unpaired) electrons. The molecule has 1 aliphatic carbocycles. The summed E-state index contributed by atoms with van der Waals surface area (Å²) in [6.07, 6.45) is 6.29. The lowest BCUT2D eigenvalue weighted by Gasteiger charge is -2.33. The summed E-state index contributed by atoms with van der Waals surface area (Å²) in [6, 6.07) is 9.33. The van der Waals surface area contributed by atoms with Crippen molar-refractivity contribution in [2.75, 3.05) is 37.3 Å². The number of aromatic nitrogens is 6. The molecule has 2 aliphatic heterocycles. The van der Waals surface area contributed by atoms with Gasteiger partial charge in [-0.2, -0.15) is 9.61 Å². The lowest BCUT2D eigenvalue weighted by atomic mass is 10.0. The van der Waals surface area contributed by atoms with E-state index >= 15 is 0 Å². The van der Waals surface area contributed by atoms with Crippen LogP contribution < -0.4 is 37.8 Å². The van der Waals surface area contributed by atoms with Gasteiger partial charge in [0.15, 0.2) is 5.65 Å². The second kappa shape index (κ2) is 15.8. The number of fused-ring (bicyclic) bond motifs is 2. The number of likely N-dealkylation sites (tertiary alicyclic amines) is 1. The van der Waals surface area contributed by atoms with Crippen molar-refractivity contribution >= 4 is 57.8 Å². The van der Waals surface area contributed by atoms with Crippen LogP contribution in [0.2, 0.25) is 0 Å². The molecule has 1 saturated carbocycles. The predicted molar refractivity (Wildman–Crippen MR) is 212 cm³/mol. The summed E-state index contributed by atoms with van der Waals surface area (Å²) < 4.78 is 19.6. The van der Waals surface area contributed by atoms with E-state index in [2.05, 4.69) is 36.7 Å². The van der Waals surface area contributed by atoms with Crippen LogP contribution in [-0.4, -0.2) is 95.8 Å². The lowest BCUT2D eigenvalue weighted by Crippen LogP contribution is -2.45. The molecule has 18 nitrogen and oxygen atoms in total. The third-order valence-electron chi connectivity index (χ3n) is 11.2. The molecular weight excluding hydrogens is 752 g/mol. The van der Waals surface area contributed by atoms with Crippen LogP contribution in [-0.2, 0) is 23.1 Å². The van der Waals surface area contributed by atoms with Crippen LogP contribution in [0.25, 0.3) is 16.7 Å². The van der Waals surface area contributed by atoms with Gasteiger partial charge >= 0.3 is 11.7 Å². The number of carbonyl (C=O) groups excluding carboxylic acids is 4. The molecule has 2 saturated heterocycles. The predicted octanol–water partition coefficient (Wildman–Crippen LogP) is 2.52. The zero-order valence-corrected chi connectivity index (χ0v) is 32.2. The molecule has 304 valence electrons. The molecule has 1 aromatic carbocycles. The van der Waals surface area contributed by atoms with E-state index in [1.54, 1.807) is 48.0 Å². The summed E-state index contributed by atoms with van der Waals surface area (Å²) in [6.45, 7) is 1.47. The zero-order valence-electron chi connectivity index (χ0n) is 32.2. The Balaban J connectivity index is 0.826. The van der Waals surface area contributed by atoms with Gasteiger partial charge in [-0.15, -0.1) is 0 Å². The minimum absolute atomic E-state index is 0.119. The van der Waals surface area contributed by atoms with Crippen molar-refractivity contribution in [2.45, 2.75) is 75.7 Å². The molecular formula is C39H45FN12O6. The first-order chi connectivity index (χ1) is 28.0. The van der Waals surface area contributed by atoms with Crippen molar-refractivity contribution < 1.29 is 23.6 Å². The number of nitrogens with one attached hydrogen (secondary N) is 5. The molecule has 5 N–H and O–H groups in total. The Kier molecular flexibility index (Phi) is 10.4. The molecule has 4 aromatic heterocycles. The lowest BCUT2D eigenvalue weighted by molar-refractivity contribution is -0.135. The van der Waals surface area contributed by atoms with E-state index in [0.29, 0.717) is 60.8 Å². The van der Waals surface area contributed by atoms with Crippen LogP contribution in [0.3, 0.4) is 0 Å². The van der Waals surface area contributed by atoms with Gasteiger partial charge < -0.3 is 30.7 Å². The fourth-order valence-electron chi connectivity index (χ4n) is 7.86. The van der Waals surface area contributed by atoms with Crippen molar-refractivity contribution in [1.29, 1.82) is 0 Å². The molecule has 0 bridgehead atoms. The number of halogens is 1. The molecule has 0 spiro atoms. The summed E-state index contributed by atoms with van der Waals surface area (Å²) in [4.78, 5) is 83.1. The van der Waals surface area contributed by atoms with E-state index in [-0.39, 0.29) is 59.7 Å². The van der Waals surface area contributed by atoms with E-state index in [4.69, 9.17) is 0 Å². The van der Waals surface area contributed by atoms with Gasteiger partial charge in [0.25, 0.3) is 11.5 Å². The highest BCUT2D eigenvalue weighted by Gasteiger charge is 2.39. The minimum Gasteiger partial charge on any atom is -0.373 e. The number of urea groups is 1. The third-order valence-corrected chi connectivity index (χ3v) is 11.2. The van der Waals surface area contributed by atoms with E-state index in [9.17, 15) is 33.2 Å². The minimum atomic E-state index is -1.05. The Morgan fingerprint density at radius 2 is 1.81 bits per heavy atom. The van der Waals surface area contributed by atoms with Gasteiger partial charge in [-0.05, 0) is 68.4 Å². The zero-order chi connectivity index (χ0) is 40.7. The van der Waals surface area contributed by atoms with Crippen LogP contribution in [0.5, 0.6) is 0 Å². The summed E-state index contributed by atoms with van der Waals surface area (Å²) in [5, 5.41) is 18.4. The number of rotatable bonds is 12. The first kappa shape index (κ1) is 38.3. The fourth-order valence-corrected chi connectivity index (χ4v) is 7.86. The van der Waals surface area contributed by atoms with Crippen LogP contribution in [0, 0.1) is 0 Å². The van der Waals surface area contributed by atoms with Crippen LogP contribution >= 0.6 is 0 Å². The molecule has 19 heteroatoms.